The van der Waals surface area contributed by atoms with Crippen LogP contribution in [0.5, 0.6) is 11.5 Å². The summed E-state index contributed by atoms with van der Waals surface area (Å²) in [7, 11) is 0. The zero-order chi connectivity index (χ0) is 23.2. The number of hydrogen-bond acceptors (Lipinski definition) is 4. The maximum Gasteiger partial charge on any atom is 0.586 e. The molecular formula is C23H13F4N3O3. The molecule has 0 spiro atoms. The Bertz CT molecular complexity index is 1290. The molecule has 0 unspecified atom stereocenters. The molecule has 0 saturated heterocycles. The second-order valence-corrected chi connectivity index (χ2v) is 7.11. The van der Waals surface area contributed by atoms with Crippen LogP contribution in [0.2, 0.25) is 0 Å². The van der Waals surface area contributed by atoms with Gasteiger partial charge in [-0.15, -0.1) is 8.78 Å². The standard InChI is InChI=1S/C23H13F4N3O3/c24-15-5-1-13(2-6-15)18-12-30(29-21(18)14-3-7-16(25)8-4-14)22(31)28-17-9-10-19-20(11-17)33-23(26,27)32-19/h1-12H,(H,28,31). The highest BCUT2D eigenvalue weighted by atomic mass is 19.3. The number of anilines is 1. The largest absolute Gasteiger partial charge is 0.586 e. The zero-order valence-electron chi connectivity index (χ0n) is 16.6. The van der Waals surface area contributed by atoms with Crippen molar-refractivity contribution >= 4 is 11.7 Å². The van der Waals surface area contributed by atoms with E-state index in [0.29, 0.717) is 22.4 Å². The summed E-state index contributed by atoms with van der Waals surface area (Å²) >= 11 is 0. The van der Waals surface area contributed by atoms with E-state index in [4.69, 9.17) is 0 Å². The lowest BCUT2D eigenvalue weighted by atomic mass is 10.0. The van der Waals surface area contributed by atoms with Crippen LogP contribution in [0.25, 0.3) is 22.4 Å². The summed E-state index contributed by atoms with van der Waals surface area (Å²) in [5.41, 5.74) is 2.15. The Morgan fingerprint density at radius 1 is 0.848 bits per heavy atom. The maximum atomic E-state index is 13.4. The number of nitrogens with one attached hydrogen (secondary N) is 1. The third kappa shape index (κ3) is 4.10. The molecule has 0 aliphatic carbocycles. The minimum absolute atomic E-state index is 0.158. The lowest BCUT2D eigenvalue weighted by Gasteiger charge is -2.05. The molecule has 3 aromatic carbocycles. The Morgan fingerprint density at radius 3 is 2.12 bits per heavy atom. The van der Waals surface area contributed by atoms with Crippen LogP contribution < -0.4 is 14.8 Å². The van der Waals surface area contributed by atoms with Crippen molar-refractivity contribution in [3.63, 3.8) is 0 Å². The van der Waals surface area contributed by atoms with Crippen molar-refractivity contribution in [3.8, 4) is 33.9 Å². The lowest BCUT2D eigenvalue weighted by Crippen LogP contribution is -2.25. The molecule has 1 N–H and O–H groups in total. The van der Waals surface area contributed by atoms with Gasteiger partial charge in [-0.3, -0.25) is 0 Å². The fraction of sp³-hybridized carbons (Fsp3) is 0.0435. The normalized spacial score (nSPS) is 13.7. The number of ether oxygens (including phenoxy) is 2. The first-order valence-electron chi connectivity index (χ1n) is 9.60. The maximum absolute atomic E-state index is 13.4. The first-order valence-corrected chi connectivity index (χ1v) is 9.60. The van der Waals surface area contributed by atoms with Crippen LogP contribution >= 0.6 is 0 Å². The lowest BCUT2D eigenvalue weighted by molar-refractivity contribution is -0.286. The molecule has 166 valence electrons. The average molecular weight is 455 g/mol. The van der Waals surface area contributed by atoms with Crippen molar-refractivity contribution in [1.82, 2.24) is 9.78 Å². The van der Waals surface area contributed by atoms with Crippen LogP contribution in [0.15, 0.2) is 72.9 Å². The minimum atomic E-state index is -3.78. The van der Waals surface area contributed by atoms with Gasteiger partial charge in [-0.1, -0.05) is 12.1 Å². The molecule has 1 aliphatic rings. The average Bonchev–Trinajstić information content (AvgIpc) is 3.34. The Kier molecular flexibility index (Phi) is 4.77. The van der Waals surface area contributed by atoms with Gasteiger partial charge in [0.15, 0.2) is 11.5 Å². The summed E-state index contributed by atoms with van der Waals surface area (Å²) < 4.78 is 63.0. The van der Waals surface area contributed by atoms with Crippen LogP contribution in [0.4, 0.5) is 28.0 Å². The second kappa shape index (κ2) is 7.66. The minimum Gasteiger partial charge on any atom is -0.395 e. The molecule has 0 radical (unpaired) electrons. The summed E-state index contributed by atoms with van der Waals surface area (Å²) in [6, 6.07) is 14.2. The number of alkyl halides is 2. The molecule has 0 fully saturated rings. The summed E-state index contributed by atoms with van der Waals surface area (Å²) in [5.74, 6) is -1.25. The van der Waals surface area contributed by atoms with Crippen molar-refractivity contribution in [1.29, 1.82) is 0 Å². The van der Waals surface area contributed by atoms with Crippen molar-refractivity contribution in [2.45, 2.75) is 6.29 Å². The number of halogens is 4. The molecule has 33 heavy (non-hydrogen) atoms. The van der Waals surface area contributed by atoms with Gasteiger partial charge in [0.2, 0.25) is 0 Å². The van der Waals surface area contributed by atoms with Gasteiger partial charge in [0.25, 0.3) is 0 Å². The molecule has 0 bridgehead atoms. The zero-order valence-corrected chi connectivity index (χ0v) is 16.6. The van der Waals surface area contributed by atoms with Crippen LogP contribution in [0.3, 0.4) is 0 Å². The molecule has 2 heterocycles. The molecule has 1 amide bonds. The molecule has 0 saturated carbocycles. The van der Waals surface area contributed by atoms with Crippen molar-refractivity contribution in [2.24, 2.45) is 0 Å². The highest BCUT2D eigenvalue weighted by molar-refractivity contribution is 5.93. The van der Waals surface area contributed by atoms with Gasteiger partial charge in [0, 0.05) is 29.1 Å². The second-order valence-electron chi connectivity index (χ2n) is 7.11. The third-order valence-electron chi connectivity index (χ3n) is 4.85. The Morgan fingerprint density at radius 2 is 1.45 bits per heavy atom. The summed E-state index contributed by atoms with van der Waals surface area (Å²) in [5, 5.41) is 6.85. The number of rotatable bonds is 3. The molecule has 1 aliphatic heterocycles. The van der Waals surface area contributed by atoms with E-state index in [2.05, 4.69) is 19.9 Å². The fourth-order valence-electron chi connectivity index (χ4n) is 3.35. The SMILES string of the molecule is O=C(Nc1ccc2c(c1)OC(F)(F)O2)n1cc(-c2ccc(F)cc2)c(-c2ccc(F)cc2)n1. The highest BCUT2D eigenvalue weighted by Gasteiger charge is 2.43. The first kappa shape index (κ1) is 20.6. The number of benzene rings is 3. The van der Waals surface area contributed by atoms with E-state index in [0.717, 1.165) is 4.68 Å². The highest BCUT2D eigenvalue weighted by Crippen LogP contribution is 2.42. The number of hydrogen-bond donors (Lipinski definition) is 1. The van der Waals surface area contributed by atoms with Crippen LogP contribution in [0, 0.1) is 11.6 Å². The topological polar surface area (TPSA) is 65.4 Å². The molecule has 0 atom stereocenters. The molecule has 6 nitrogen and oxygen atoms in total. The molecule has 1 aromatic heterocycles. The summed E-state index contributed by atoms with van der Waals surface area (Å²) in [6.45, 7) is 0. The van der Waals surface area contributed by atoms with E-state index in [1.54, 1.807) is 0 Å². The quantitative estimate of drug-likeness (QED) is 0.391. The Labute approximate surface area is 184 Å². The van der Waals surface area contributed by atoms with Gasteiger partial charge in [-0.2, -0.15) is 9.78 Å². The monoisotopic (exact) mass is 455 g/mol. The van der Waals surface area contributed by atoms with Gasteiger partial charge in [-0.05, 0) is 54.1 Å². The van der Waals surface area contributed by atoms with E-state index in [1.165, 1.54) is 72.9 Å². The first-order chi connectivity index (χ1) is 15.8. The summed E-state index contributed by atoms with van der Waals surface area (Å²) in [4.78, 5) is 12.8. The molecule has 5 rings (SSSR count). The predicted octanol–water partition coefficient (Wildman–Crippen LogP) is 5.90. The van der Waals surface area contributed by atoms with Gasteiger partial charge in [-0.25, -0.2) is 13.6 Å². The van der Waals surface area contributed by atoms with Crippen LogP contribution in [0.1, 0.15) is 0 Å². The number of fused-ring (bicyclic) bond motifs is 1. The molecule has 4 aromatic rings. The smallest absolute Gasteiger partial charge is 0.395 e. The van der Waals surface area contributed by atoms with E-state index >= 15 is 0 Å². The number of carbonyl (C=O) groups is 1. The van der Waals surface area contributed by atoms with E-state index in [9.17, 15) is 22.4 Å². The Balaban J connectivity index is 1.48. The van der Waals surface area contributed by atoms with Gasteiger partial charge >= 0.3 is 12.3 Å². The van der Waals surface area contributed by atoms with Crippen molar-refractivity contribution < 1.29 is 31.8 Å². The number of amides is 1. The van der Waals surface area contributed by atoms with Crippen molar-refractivity contribution in [2.75, 3.05) is 5.32 Å². The summed E-state index contributed by atoms with van der Waals surface area (Å²) in [6.07, 6.45) is -2.34. The van der Waals surface area contributed by atoms with Crippen molar-refractivity contribution in [3.05, 3.63) is 84.6 Å². The molecular weight excluding hydrogens is 442 g/mol. The van der Waals surface area contributed by atoms with Gasteiger partial charge < -0.3 is 14.8 Å². The number of carbonyl (C=O) groups excluding carboxylic acids is 1. The number of nitrogens with zero attached hydrogens (tertiary/aromatic N) is 2. The van der Waals surface area contributed by atoms with Gasteiger partial charge in [0.1, 0.15) is 17.3 Å². The fourth-order valence-corrected chi connectivity index (χ4v) is 3.35. The van der Waals surface area contributed by atoms with Crippen LogP contribution in [-0.4, -0.2) is 22.1 Å². The van der Waals surface area contributed by atoms with E-state index in [-0.39, 0.29) is 17.2 Å². The predicted molar refractivity (Wildman–Crippen MR) is 110 cm³/mol. The number of aromatic nitrogens is 2. The van der Waals surface area contributed by atoms with Gasteiger partial charge in [0.05, 0.1) is 0 Å². The van der Waals surface area contributed by atoms with Crippen LogP contribution in [-0.2, 0) is 0 Å². The van der Waals surface area contributed by atoms with E-state index < -0.39 is 24.0 Å². The molecule has 10 heteroatoms. The third-order valence-corrected chi connectivity index (χ3v) is 4.85. The van der Waals surface area contributed by atoms with E-state index in [1.807, 2.05) is 0 Å². The Hall–Kier alpha value is -4.34.